The molecule has 1 N–H and O–H groups in total. The Kier molecular flexibility index (Phi) is 26.3. The van der Waals surface area contributed by atoms with E-state index in [1.165, 1.54) is 103 Å². The van der Waals surface area contributed by atoms with E-state index in [-0.39, 0.29) is 30.6 Å². The van der Waals surface area contributed by atoms with Crippen molar-refractivity contribution in [1.82, 2.24) is 0 Å². The Morgan fingerprint density at radius 3 is 1.36 bits per heavy atom. The molecule has 0 unspecified atom stereocenters. The standard InChI is InChI=1S/C24H52NO2.HI/c1-4-5-6-7-8-9-10-11-12-13-14-15-16-17-18-19-23-27-24-21-25(2,3)20-22-26;/h26H,4-24H2,1-3H3;1H/q+1;/p-1. The van der Waals surface area contributed by atoms with Gasteiger partial charge in [0.2, 0.25) is 0 Å². The number of hydrogen-bond donors (Lipinski definition) is 1. The van der Waals surface area contributed by atoms with Crippen LogP contribution in [0.25, 0.3) is 0 Å². The van der Waals surface area contributed by atoms with Gasteiger partial charge in [0.15, 0.2) is 0 Å². The molecule has 0 bridgehead atoms. The highest BCUT2D eigenvalue weighted by molar-refractivity contribution is 4.50. The van der Waals surface area contributed by atoms with Crippen LogP contribution < -0.4 is 24.0 Å². The Morgan fingerprint density at radius 1 is 0.571 bits per heavy atom. The number of aliphatic hydroxyl groups excluding tert-OH is 1. The first kappa shape index (κ1) is 30.8. The minimum absolute atomic E-state index is 0. The van der Waals surface area contributed by atoms with E-state index >= 15 is 0 Å². The Morgan fingerprint density at radius 2 is 0.964 bits per heavy atom. The van der Waals surface area contributed by atoms with Gasteiger partial charge in [0.1, 0.15) is 13.1 Å². The molecule has 0 radical (unpaired) electrons. The summed E-state index contributed by atoms with van der Waals surface area (Å²) in [6.45, 7) is 6.05. The zero-order chi connectivity index (χ0) is 20.1. The Labute approximate surface area is 194 Å². The van der Waals surface area contributed by atoms with E-state index in [1.54, 1.807) is 0 Å². The van der Waals surface area contributed by atoms with Gasteiger partial charge in [-0.3, -0.25) is 0 Å². The minimum Gasteiger partial charge on any atom is -1.00 e. The van der Waals surface area contributed by atoms with Crippen molar-refractivity contribution in [3.63, 3.8) is 0 Å². The molecule has 0 aromatic heterocycles. The molecular formula is C24H52INO2. The molecule has 0 aliphatic rings. The summed E-state index contributed by atoms with van der Waals surface area (Å²) >= 11 is 0. The molecule has 3 nitrogen and oxygen atoms in total. The van der Waals surface area contributed by atoms with E-state index in [4.69, 9.17) is 9.84 Å². The molecule has 0 aromatic rings. The smallest absolute Gasteiger partial charge is 0.102 e. The Bertz CT molecular complexity index is 288. The third-order valence-electron chi connectivity index (χ3n) is 5.69. The van der Waals surface area contributed by atoms with Gasteiger partial charge in [-0.25, -0.2) is 0 Å². The second-order valence-corrected chi connectivity index (χ2v) is 9.02. The van der Waals surface area contributed by atoms with Gasteiger partial charge in [0.05, 0.1) is 27.3 Å². The van der Waals surface area contributed by atoms with Gasteiger partial charge in [-0.2, -0.15) is 0 Å². The summed E-state index contributed by atoms with van der Waals surface area (Å²) < 4.78 is 6.58. The summed E-state index contributed by atoms with van der Waals surface area (Å²) in [7, 11) is 4.29. The van der Waals surface area contributed by atoms with E-state index in [2.05, 4.69) is 21.0 Å². The third kappa shape index (κ3) is 24.6. The number of unbranched alkanes of at least 4 members (excludes halogenated alkanes) is 15. The van der Waals surface area contributed by atoms with E-state index in [0.29, 0.717) is 0 Å². The molecule has 0 rings (SSSR count). The SMILES string of the molecule is CCCCCCCCCCCCCCCCCCOCC[N+](C)(C)CCO.[I-]. The first-order valence-corrected chi connectivity index (χ1v) is 12.1. The molecule has 0 spiro atoms. The van der Waals surface area contributed by atoms with Crippen LogP contribution in [0.15, 0.2) is 0 Å². The molecule has 0 aromatic carbocycles. The normalized spacial score (nSPS) is 11.6. The lowest BCUT2D eigenvalue weighted by atomic mass is 10.0. The fraction of sp³-hybridized carbons (Fsp3) is 1.00. The van der Waals surface area contributed by atoms with Crippen molar-refractivity contribution < 1.29 is 38.3 Å². The molecule has 0 aliphatic carbocycles. The third-order valence-corrected chi connectivity index (χ3v) is 5.69. The molecular weight excluding hydrogens is 461 g/mol. The quantitative estimate of drug-likeness (QED) is 0.137. The Hall–Kier alpha value is 0.610. The van der Waals surface area contributed by atoms with Gasteiger partial charge in [0.25, 0.3) is 0 Å². The van der Waals surface area contributed by atoms with Crippen molar-refractivity contribution in [3.8, 4) is 0 Å². The predicted octanol–water partition coefficient (Wildman–Crippen LogP) is 3.34. The van der Waals surface area contributed by atoms with Crippen molar-refractivity contribution in [2.45, 2.75) is 110 Å². The number of quaternary nitrogens is 1. The van der Waals surface area contributed by atoms with Gasteiger partial charge in [-0.15, -0.1) is 0 Å². The van der Waals surface area contributed by atoms with Crippen molar-refractivity contribution in [2.75, 3.05) is 47.0 Å². The average Bonchev–Trinajstić information content (AvgIpc) is 2.63. The number of hydrogen-bond acceptors (Lipinski definition) is 2. The first-order valence-electron chi connectivity index (χ1n) is 12.1. The lowest BCUT2D eigenvalue weighted by Crippen LogP contribution is -3.00. The van der Waals surface area contributed by atoms with Crippen LogP contribution in [0.5, 0.6) is 0 Å². The molecule has 0 aliphatic heterocycles. The van der Waals surface area contributed by atoms with Gasteiger partial charge in [0, 0.05) is 6.61 Å². The highest BCUT2D eigenvalue weighted by Crippen LogP contribution is 2.13. The summed E-state index contributed by atoms with van der Waals surface area (Å²) in [5, 5.41) is 9.00. The average molecular weight is 514 g/mol. The number of nitrogens with zero attached hydrogens (tertiary/aromatic N) is 1. The molecule has 0 saturated carbocycles. The molecule has 0 atom stereocenters. The maximum Gasteiger partial charge on any atom is 0.102 e. The minimum atomic E-state index is 0. The topological polar surface area (TPSA) is 29.5 Å². The Balaban J connectivity index is 0. The zero-order valence-corrected chi connectivity index (χ0v) is 21.7. The highest BCUT2D eigenvalue weighted by atomic mass is 127. The molecule has 0 fully saturated rings. The lowest BCUT2D eigenvalue weighted by molar-refractivity contribution is -0.891. The van der Waals surface area contributed by atoms with E-state index in [9.17, 15) is 0 Å². The summed E-state index contributed by atoms with van der Waals surface area (Å²) in [5.41, 5.74) is 0. The van der Waals surface area contributed by atoms with Gasteiger partial charge >= 0.3 is 0 Å². The van der Waals surface area contributed by atoms with Crippen molar-refractivity contribution in [3.05, 3.63) is 0 Å². The lowest BCUT2D eigenvalue weighted by Gasteiger charge is -2.28. The zero-order valence-electron chi connectivity index (χ0n) is 19.5. The molecule has 0 saturated heterocycles. The van der Waals surface area contributed by atoms with Crippen molar-refractivity contribution in [1.29, 1.82) is 0 Å². The number of aliphatic hydroxyl groups is 1. The van der Waals surface area contributed by atoms with Crippen LogP contribution in [-0.4, -0.2) is 56.6 Å². The summed E-state index contributed by atoms with van der Waals surface area (Å²) in [6, 6.07) is 0. The molecule has 0 amide bonds. The fourth-order valence-electron chi connectivity index (χ4n) is 3.55. The molecule has 0 heterocycles. The summed E-state index contributed by atoms with van der Waals surface area (Å²) in [6.07, 6.45) is 22.6. The van der Waals surface area contributed by atoms with Crippen LogP contribution in [0.4, 0.5) is 0 Å². The fourth-order valence-corrected chi connectivity index (χ4v) is 3.55. The first-order chi connectivity index (χ1) is 13.1. The number of halogens is 1. The van der Waals surface area contributed by atoms with Gasteiger partial charge in [-0.1, -0.05) is 103 Å². The second-order valence-electron chi connectivity index (χ2n) is 9.02. The van der Waals surface area contributed by atoms with Crippen LogP contribution in [0.3, 0.4) is 0 Å². The van der Waals surface area contributed by atoms with Crippen molar-refractivity contribution in [2.24, 2.45) is 0 Å². The maximum absolute atomic E-state index is 9.00. The number of likely N-dealkylation sites (N-methyl/N-ethyl adjacent to an activating group) is 1. The van der Waals surface area contributed by atoms with Crippen LogP contribution in [-0.2, 0) is 4.74 Å². The monoisotopic (exact) mass is 513 g/mol. The van der Waals surface area contributed by atoms with Gasteiger partial charge < -0.3 is 38.3 Å². The second kappa shape index (κ2) is 23.9. The maximum atomic E-state index is 9.00. The van der Waals surface area contributed by atoms with Crippen LogP contribution in [0.1, 0.15) is 110 Å². The highest BCUT2D eigenvalue weighted by Gasteiger charge is 2.12. The number of ether oxygens (including phenoxy) is 1. The van der Waals surface area contributed by atoms with E-state index in [1.807, 2.05) is 0 Å². The van der Waals surface area contributed by atoms with E-state index < -0.39 is 0 Å². The summed E-state index contributed by atoms with van der Waals surface area (Å²) in [4.78, 5) is 0. The summed E-state index contributed by atoms with van der Waals surface area (Å²) in [5.74, 6) is 0. The van der Waals surface area contributed by atoms with Crippen LogP contribution in [0.2, 0.25) is 0 Å². The molecule has 28 heavy (non-hydrogen) atoms. The van der Waals surface area contributed by atoms with Crippen LogP contribution in [0, 0.1) is 0 Å². The van der Waals surface area contributed by atoms with Crippen molar-refractivity contribution >= 4 is 0 Å². The van der Waals surface area contributed by atoms with Crippen LogP contribution >= 0.6 is 0 Å². The predicted molar refractivity (Wildman–Crippen MR) is 119 cm³/mol. The molecule has 4 heteroatoms. The number of rotatable bonds is 22. The largest absolute Gasteiger partial charge is 1.00 e. The molecule has 172 valence electrons. The van der Waals surface area contributed by atoms with Gasteiger partial charge in [-0.05, 0) is 6.42 Å². The van der Waals surface area contributed by atoms with E-state index in [0.717, 1.165) is 30.8 Å².